The number of halogens is 3. The van der Waals surface area contributed by atoms with Crippen LogP contribution in [0.15, 0.2) is 76.9 Å². The van der Waals surface area contributed by atoms with E-state index in [1.54, 1.807) is 48.5 Å². The lowest BCUT2D eigenvalue weighted by Gasteiger charge is -2.12. The van der Waals surface area contributed by atoms with Gasteiger partial charge in [-0.25, -0.2) is 9.69 Å². The highest BCUT2D eigenvalue weighted by Crippen LogP contribution is 2.30. The molecule has 0 aliphatic carbocycles. The van der Waals surface area contributed by atoms with Crippen LogP contribution in [-0.2, 0) is 11.4 Å². The number of benzene rings is 3. The van der Waals surface area contributed by atoms with Gasteiger partial charge in [0, 0.05) is 25.6 Å². The Balaban J connectivity index is 1.62. The van der Waals surface area contributed by atoms with Crippen molar-refractivity contribution in [1.29, 1.82) is 0 Å². The molecule has 0 saturated carbocycles. The van der Waals surface area contributed by atoms with Crippen LogP contribution >= 0.6 is 39.1 Å². The van der Waals surface area contributed by atoms with Crippen molar-refractivity contribution in [3.05, 3.63) is 98.1 Å². The van der Waals surface area contributed by atoms with Gasteiger partial charge in [0.1, 0.15) is 18.1 Å². The molecule has 1 fully saturated rings. The van der Waals surface area contributed by atoms with E-state index in [1.807, 2.05) is 24.3 Å². The molecule has 0 radical (unpaired) electrons. The van der Waals surface area contributed by atoms with Gasteiger partial charge in [-0.3, -0.25) is 4.79 Å². The highest BCUT2D eigenvalue weighted by atomic mass is 79.9. The van der Waals surface area contributed by atoms with E-state index in [-0.39, 0.29) is 12.3 Å². The van der Waals surface area contributed by atoms with Gasteiger partial charge in [0.15, 0.2) is 0 Å². The minimum atomic E-state index is -0.549. The third kappa shape index (κ3) is 4.77. The number of hydrogen-bond acceptors (Lipinski definition) is 3. The summed E-state index contributed by atoms with van der Waals surface area (Å²) in [6.45, 7) is 0.256. The molecule has 3 amide bonds. The number of nitrogens with zero attached hydrogens (tertiary/aromatic N) is 1. The lowest BCUT2D eigenvalue weighted by atomic mass is 10.1. The maximum Gasteiger partial charge on any atom is 0.333 e. The standard InChI is InChI=1S/C23H15BrCl2N2O3/c24-16-8-9-21(31-13-14-4-1-2-7-19(14)26)15(10-16)11-20-22(29)28(23(30)27-20)18-6-3-5-17(25)12-18/h1-12H,13H2,(H,27,30)/b20-11+. The summed E-state index contributed by atoms with van der Waals surface area (Å²) in [5.74, 6) is 0.0585. The molecule has 5 nitrogen and oxygen atoms in total. The zero-order valence-corrected chi connectivity index (χ0v) is 19.0. The van der Waals surface area contributed by atoms with Gasteiger partial charge in [-0.1, -0.05) is 63.4 Å². The molecule has 0 unspecified atom stereocenters. The van der Waals surface area contributed by atoms with Gasteiger partial charge in [-0.05, 0) is 48.5 Å². The third-order valence-corrected chi connectivity index (χ3v) is 5.65. The molecule has 0 aromatic heterocycles. The van der Waals surface area contributed by atoms with Gasteiger partial charge in [-0.2, -0.15) is 0 Å². The maximum absolute atomic E-state index is 12.9. The van der Waals surface area contributed by atoms with Crippen LogP contribution in [0.1, 0.15) is 11.1 Å². The van der Waals surface area contributed by atoms with Crippen molar-refractivity contribution in [3.8, 4) is 5.75 Å². The molecule has 156 valence electrons. The molecule has 0 spiro atoms. The molecular formula is C23H15BrCl2N2O3. The summed E-state index contributed by atoms with van der Waals surface area (Å²) in [6, 6.07) is 18.8. The number of carbonyl (C=O) groups is 2. The van der Waals surface area contributed by atoms with E-state index < -0.39 is 11.9 Å². The van der Waals surface area contributed by atoms with E-state index in [2.05, 4.69) is 21.2 Å². The van der Waals surface area contributed by atoms with Crippen LogP contribution in [0.25, 0.3) is 6.08 Å². The van der Waals surface area contributed by atoms with Crippen LogP contribution in [0.4, 0.5) is 10.5 Å². The highest BCUT2D eigenvalue weighted by molar-refractivity contribution is 9.10. The Hall–Kier alpha value is -2.80. The fraction of sp³-hybridized carbons (Fsp3) is 0.0435. The topological polar surface area (TPSA) is 58.6 Å². The van der Waals surface area contributed by atoms with Crippen molar-refractivity contribution >= 4 is 62.8 Å². The van der Waals surface area contributed by atoms with Crippen LogP contribution in [0.3, 0.4) is 0 Å². The molecule has 1 saturated heterocycles. The summed E-state index contributed by atoms with van der Waals surface area (Å²) in [5.41, 5.74) is 1.98. The maximum atomic E-state index is 12.9. The van der Waals surface area contributed by atoms with Crippen molar-refractivity contribution < 1.29 is 14.3 Å². The Labute approximate surface area is 197 Å². The number of anilines is 1. The number of carbonyl (C=O) groups excluding carboxylic acids is 2. The van der Waals surface area contributed by atoms with Gasteiger partial charge in [0.25, 0.3) is 5.91 Å². The average Bonchev–Trinajstić information content (AvgIpc) is 3.01. The van der Waals surface area contributed by atoms with Gasteiger partial charge < -0.3 is 10.1 Å². The average molecular weight is 518 g/mol. The Morgan fingerprint density at radius 1 is 1.00 bits per heavy atom. The SMILES string of the molecule is O=C1N/C(=C/c2cc(Br)ccc2OCc2ccccc2Cl)C(=O)N1c1cccc(Cl)c1. The molecule has 3 aromatic carbocycles. The van der Waals surface area contributed by atoms with Crippen molar-refractivity contribution in [2.45, 2.75) is 6.61 Å². The number of amides is 3. The second-order valence-corrected chi connectivity index (χ2v) is 8.43. The van der Waals surface area contributed by atoms with E-state index in [9.17, 15) is 9.59 Å². The molecule has 8 heteroatoms. The van der Waals surface area contributed by atoms with E-state index in [1.165, 1.54) is 0 Å². The van der Waals surface area contributed by atoms with E-state index in [0.29, 0.717) is 27.0 Å². The Morgan fingerprint density at radius 2 is 1.81 bits per heavy atom. The predicted molar refractivity (Wildman–Crippen MR) is 125 cm³/mol. The largest absolute Gasteiger partial charge is 0.488 e. The number of nitrogens with one attached hydrogen (secondary N) is 1. The number of hydrogen-bond donors (Lipinski definition) is 1. The number of urea groups is 1. The first kappa shape index (κ1) is 21.4. The summed E-state index contributed by atoms with van der Waals surface area (Å²) in [6.07, 6.45) is 1.58. The minimum absolute atomic E-state index is 0.130. The first-order valence-electron chi connectivity index (χ1n) is 9.21. The number of rotatable bonds is 5. The minimum Gasteiger partial charge on any atom is -0.488 e. The van der Waals surface area contributed by atoms with Crippen LogP contribution < -0.4 is 15.0 Å². The Morgan fingerprint density at radius 3 is 2.58 bits per heavy atom. The summed E-state index contributed by atoms with van der Waals surface area (Å²) >= 11 is 15.6. The van der Waals surface area contributed by atoms with Crippen LogP contribution in [-0.4, -0.2) is 11.9 Å². The summed E-state index contributed by atoms with van der Waals surface area (Å²) in [5, 5.41) is 3.65. The summed E-state index contributed by atoms with van der Waals surface area (Å²) in [4.78, 5) is 26.4. The van der Waals surface area contributed by atoms with Gasteiger partial charge in [0.2, 0.25) is 0 Å². The molecule has 1 aliphatic heterocycles. The molecule has 3 aromatic rings. The van der Waals surface area contributed by atoms with E-state index >= 15 is 0 Å². The van der Waals surface area contributed by atoms with E-state index in [4.69, 9.17) is 27.9 Å². The van der Waals surface area contributed by atoms with Crippen molar-refractivity contribution in [2.75, 3.05) is 4.90 Å². The lowest BCUT2D eigenvalue weighted by molar-refractivity contribution is -0.113. The van der Waals surface area contributed by atoms with Gasteiger partial charge in [0.05, 0.1) is 5.69 Å². The van der Waals surface area contributed by atoms with Crippen molar-refractivity contribution in [3.63, 3.8) is 0 Å². The molecule has 1 N–H and O–H groups in total. The quantitative estimate of drug-likeness (QED) is 0.313. The first-order valence-corrected chi connectivity index (χ1v) is 10.8. The predicted octanol–water partition coefficient (Wildman–Crippen LogP) is 6.43. The molecule has 1 heterocycles. The molecule has 31 heavy (non-hydrogen) atoms. The molecule has 4 rings (SSSR count). The molecular weight excluding hydrogens is 503 g/mol. The Bertz CT molecular complexity index is 1210. The fourth-order valence-electron chi connectivity index (χ4n) is 3.07. The fourth-order valence-corrected chi connectivity index (χ4v) is 3.83. The molecule has 0 bridgehead atoms. The second-order valence-electron chi connectivity index (χ2n) is 6.67. The highest BCUT2D eigenvalue weighted by Gasteiger charge is 2.35. The Kier molecular flexibility index (Phi) is 6.32. The summed E-state index contributed by atoms with van der Waals surface area (Å²) < 4.78 is 6.75. The van der Waals surface area contributed by atoms with Gasteiger partial charge >= 0.3 is 6.03 Å². The number of ether oxygens (including phenoxy) is 1. The zero-order valence-electron chi connectivity index (χ0n) is 15.9. The van der Waals surface area contributed by atoms with E-state index in [0.717, 1.165) is 14.9 Å². The van der Waals surface area contributed by atoms with Gasteiger partial charge in [-0.15, -0.1) is 0 Å². The van der Waals surface area contributed by atoms with Crippen LogP contribution in [0.5, 0.6) is 5.75 Å². The van der Waals surface area contributed by atoms with Crippen LogP contribution in [0, 0.1) is 0 Å². The lowest BCUT2D eigenvalue weighted by Crippen LogP contribution is -2.30. The molecule has 0 atom stereocenters. The normalized spacial score (nSPS) is 14.8. The molecule has 1 aliphatic rings. The zero-order chi connectivity index (χ0) is 22.0. The summed E-state index contributed by atoms with van der Waals surface area (Å²) in [7, 11) is 0. The van der Waals surface area contributed by atoms with Crippen molar-refractivity contribution in [2.24, 2.45) is 0 Å². The number of imide groups is 1. The second kappa shape index (κ2) is 9.14. The third-order valence-electron chi connectivity index (χ3n) is 4.56. The smallest absolute Gasteiger partial charge is 0.333 e. The van der Waals surface area contributed by atoms with Crippen molar-refractivity contribution in [1.82, 2.24) is 5.32 Å². The van der Waals surface area contributed by atoms with Crippen LogP contribution in [0.2, 0.25) is 10.0 Å². The first-order chi connectivity index (χ1) is 14.9. The monoisotopic (exact) mass is 516 g/mol.